The number of nitrogens with zero attached hydrogens (tertiary/aromatic N) is 1. The quantitative estimate of drug-likeness (QED) is 0.575. The molecule has 2 heterocycles. The summed E-state index contributed by atoms with van der Waals surface area (Å²) in [4.78, 5) is 12.4. The zero-order chi connectivity index (χ0) is 15.0. The number of aromatic hydroxyl groups is 2. The van der Waals surface area contributed by atoms with Gasteiger partial charge in [-0.05, 0) is 12.8 Å². The summed E-state index contributed by atoms with van der Waals surface area (Å²) < 4.78 is 12.5. The van der Waals surface area contributed by atoms with E-state index >= 15 is 0 Å². The van der Waals surface area contributed by atoms with E-state index in [-0.39, 0.29) is 52.7 Å². The zero-order valence-corrected chi connectivity index (χ0v) is 12.0. The topological polar surface area (TPSA) is 101 Å². The molecule has 1 aromatic heterocycles. The molecule has 114 valence electrons. The molecule has 3 N–H and O–H groups in total. The molecule has 2 aromatic rings. The number of fused-ring (bicyclic) bond motifs is 3. The van der Waals surface area contributed by atoms with Gasteiger partial charge in [0.15, 0.2) is 11.5 Å². The van der Waals surface area contributed by atoms with Crippen LogP contribution in [0, 0.1) is 0 Å². The summed E-state index contributed by atoms with van der Waals surface area (Å²) in [7, 11) is 0. The Morgan fingerprint density at radius 1 is 1.10 bits per heavy atom. The molecule has 0 amide bonds. The fourth-order valence-electron chi connectivity index (χ4n) is 2.29. The number of unbranched alkanes of at least 4 members (excludes halogenated alkanes) is 1. The average Bonchev–Trinajstić information content (AvgIpc) is 2.83. The second kappa shape index (κ2) is 5.45. The van der Waals surface area contributed by atoms with Crippen LogP contribution >= 0.6 is 11.5 Å². The minimum absolute atomic E-state index is 0.0173. The van der Waals surface area contributed by atoms with Crippen LogP contribution in [0.3, 0.4) is 0 Å². The van der Waals surface area contributed by atoms with Crippen molar-refractivity contribution in [2.24, 2.45) is 0 Å². The zero-order valence-electron chi connectivity index (χ0n) is 11.2. The van der Waals surface area contributed by atoms with Crippen molar-refractivity contribution in [3.8, 4) is 23.0 Å². The van der Waals surface area contributed by atoms with E-state index in [9.17, 15) is 15.0 Å². The van der Waals surface area contributed by atoms with Gasteiger partial charge in [0.1, 0.15) is 23.3 Å². The molecule has 0 saturated carbocycles. The molecule has 1 aliphatic heterocycles. The van der Waals surface area contributed by atoms with Gasteiger partial charge in [-0.15, -0.1) is 0 Å². The van der Waals surface area contributed by atoms with E-state index in [0.717, 1.165) is 11.5 Å². The average molecular weight is 313 g/mol. The van der Waals surface area contributed by atoms with E-state index in [0.29, 0.717) is 19.4 Å². The molecule has 0 bridgehead atoms. The molecule has 3 rings (SSSR count). The molecular weight excluding hydrogens is 298 g/mol. The monoisotopic (exact) mass is 313 g/mol. The van der Waals surface area contributed by atoms with Crippen molar-refractivity contribution in [1.29, 1.82) is 0 Å². The third-order valence-corrected chi connectivity index (χ3v) is 4.45. The number of rotatable bonds is 4. The van der Waals surface area contributed by atoms with Gasteiger partial charge < -0.3 is 24.8 Å². The molecule has 0 radical (unpaired) electrons. The number of hydrogen-bond acceptors (Lipinski definition) is 7. The summed E-state index contributed by atoms with van der Waals surface area (Å²) in [6, 6.07) is 0. The SMILES string of the molecule is O=c1c2c3c(c(O)c(O)c2sn1CCCCO)OCCO3. The standard InChI is InChI=1S/C13H15NO6S/c15-4-2-1-3-14-13(18)7-10-11(20-6-5-19-10)8(16)9(17)12(7)21-14/h15-17H,1-6H2. The number of aromatic nitrogens is 1. The highest BCUT2D eigenvalue weighted by molar-refractivity contribution is 7.14. The lowest BCUT2D eigenvalue weighted by atomic mass is 10.2. The number of benzene rings is 1. The van der Waals surface area contributed by atoms with E-state index in [1.54, 1.807) is 0 Å². The molecule has 0 aliphatic carbocycles. The molecular formula is C13H15NO6S. The van der Waals surface area contributed by atoms with Crippen molar-refractivity contribution in [3.05, 3.63) is 10.4 Å². The first-order valence-corrected chi connectivity index (χ1v) is 7.40. The Morgan fingerprint density at radius 3 is 2.52 bits per heavy atom. The Bertz CT molecular complexity index is 735. The van der Waals surface area contributed by atoms with Crippen LogP contribution in [-0.4, -0.2) is 39.1 Å². The minimum atomic E-state index is -0.402. The fraction of sp³-hybridized carbons (Fsp3) is 0.462. The van der Waals surface area contributed by atoms with Crippen molar-refractivity contribution >= 4 is 21.6 Å². The van der Waals surface area contributed by atoms with Crippen LogP contribution in [0.5, 0.6) is 23.0 Å². The summed E-state index contributed by atoms with van der Waals surface area (Å²) in [6.07, 6.45) is 1.24. The third-order valence-electron chi connectivity index (χ3n) is 3.30. The summed E-state index contributed by atoms with van der Waals surface area (Å²) in [5, 5.41) is 29.0. The molecule has 8 heteroatoms. The van der Waals surface area contributed by atoms with Gasteiger partial charge in [0.2, 0.25) is 11.5 Å². The lowest BCUT2D eigenvalue weighted by Crippen LogP contribution is -2.18. The smallest absolute Gasteiger partial charge is 0.272 e. The normalized spacial score (nSPS) is 13.8. The first kappa shape index (κ1) is 14.0. The number of phenolic OH excluding ortho intramolecular Hbond substituents is 2. The Balaban J connectivity index is 2.17. The Hall–Kier alpha value is -1.93. The van der Waals surface area contributed by atoms with Crippen LogP contribution in [0.2, 0.25) is 0 Å². The highest BCUT2D eigenvalue weighted by Crippen LogP contribution is 2.51. The second-order valence-electron chi connectivity index (χ2n) is 4.69. The minimum Gasteiger partial charge on any atom is -0.503 e. The highest BCUT2D eigenvalue weighted by Gasteiger charge is 2.28. The maximum absolute atomic E-state index is 12.4. The highest BCUT2D eigenvalue weighted by atomic mass is 32.1. The molecule has 21 heavy (non-hydrogen) atoms. The van der Waals surface area contributed by atoms with Crippen LogP contribution in [-0.2, 0) is 6.54 Å². The van der Waals surface area contributed by atoms with Crippen molar-refractivity contribution in [2.45, 2.75) is 19.4 Å². The Labute approximate surface area is 123 Å². The number of hydrogen-bond donors (Lipinski definition) is 3. The van der Waals surface area contributed by atoms with Crippen molar-refractivity contribution in [2.75, 3.05) is 19.8 Å². The van der Waals surface area contributed by atoms with Crippen LogP contribution in [0.1, 0.15) is 12.8 Å². The van der Waals surface area contributed by atoms with Crippen molar-refractivity contribution in [3.63, 3.8) is 0 Å². The Kier molecular flexibility index (Phi) is 3.64. The van der Waals surface area contributed by atoms with Gasteiger partial charge in [0.05, 0.1) is 0 Å². The molecule has 0 fully saturated rings. The van der Waals surface area contributed by atoms with Crippen LogP contribution < -0.4 is 15.0 Å². The summed E-state index contributed by atoms with van der Waals surface area (Å²) in [6.45, 7) is 1.04. The van der Waals surface area contributed by atoms with E-state index in [1.807, 2.05) is 0 Å². The van der Waals surface area contributed by atoms with Gasteiger partial charge in [-0.3, -0.25) is 8.75 Å². The lowest BCUT2D eigenvalue weighted by molar-refractivity contribution is 0.167. The van der Waals surface area contributed by atoms with Gasteiger partial charge in [0.25, 0.3) is 5.56 Å². The number of phenols is 2. The maximum Gasteiger partial charge on any atom is 0.272 e. The molecule has 1 aliphatic rings. The molecule has 0 spiro atoms. The Morgan fingerprint density at radius 2 is 1.81 bits per heavy atom. The molecule has 1 aromatic carbocycles. The third kappa shape index (κ3) is 2.20. The van der Waals surface area contributed by atoms with Gasteiger partial charge in [-0.2, -0.15) is 0 Å². The summed E-state index contributed by atoms with van der Waals surface area (Å²) in [5.74, 6) is -0.560. The maximum atomic E-state index is 12.4. The van der Waals surface area contributed by atoms with Crippen LogP contribution in [0.15, 0.2) is 4.79 Å². The lowest BCUT2D eigenvalue weighted by Gasteiger charge is -2.19. The first-order chi connectivity index (χ1) is 10.1. The number of aliphatic hydroxyl groups is 1. The number of aliphatic hydroxyl groups excluding tert-OH is 1. The van der Waals surface area contributed by atoms with Crippen molar-refractivity contribution < 1.29 is 24.8 Å². The van der Waals surface area contributed by atoms with Crippen molar-refractivity contribution in [1.82, 2.24) is 3.96 Å². The van der Waals surface area contributed by atoms with E-state index in [4.69, 9.17) is 14.6 Å². The van der Waals surface area contributed by atoms with E-state index < -0.39 is 5.75 Å². The van der Waals surface area contributed by atoms with Gasteiger partial charge in [-0.1, -0.05) is 11.5 Å². The molecule has 0 saturated heterocycles. The molecule has 0 unspecified atom stereocenters. The van der Waals surface area contributed by atoms with E-state index in [1.165, 1.54) is 3.96 Å². The molecule has 7 nitrogen and oxygen atoms in total. The van der Waals surface area contributed by atoms with E-state index in [2.05, 4.69) is 0 Å². The molecule has 0 atom stereocenters. The summed E-state index contributed by atoms with van der Waals surface area (Å²) >= 11 is 1.06. The number of ether oxygens (including phenoxy) is 2. The number of aryl methyl sites for hydroxylation is 1. The largest absolute Gasteiger partial charge is 0.503 e. The first-order valence-electron chi connectivity index (χ1n) is 6.63. The van der Waals surface area contributed by atoms with Crippen LogP contribution in [0.4, 0.5) is 0 Å². The van der Waals surface area contributed by atoms with Gasteiger partial charge in [0, 0.05) is 13.2 Å². The van der Waals surface area contributed by atoms with Gasteiger partial charge in [-0.25, -0.2) is 0 Å². The summed E-state index contributed by atoms with van der Waals surface area (Å²) in [5.41, 5.74) is -0.287. The predicted molar refractivity (Wildman–Crippen MR) is 76.7 cm³/mol. The second-order valence-corrected chi connectivity index (χ2v) is 5.72. The van der Waals surface area contributed by atoms with Crippen LogP contribution in [0.25, 0.3) is 10.1 Å². The predicted octanol–water partition coefficient (Wildman–Crippen LogP) is 1.02. The van der Waals surface area contributed by atoms with Gasteiger partial charge >= 0.3 is 0 Å². The fourth-order valence-corrected chi connectivity index (χ4v) is 3.36.